The molecular formula is C13H18N2O3. The normalized spacial score (nSPS) is 14.8. The van der Waals surface area contributed by atoms with Crippen molar-refractivity contribution in [3.63, 3.8) is 0 Å². The molecule has 1 aromatic heterocycles. The highest BCUT2D eigenvalue weighted by Crippen LogP contribution is 2.32. The Bertz CT molecular complexity index is 530. The molecule has 1 fully saturated rings. The maximum atomic E-state index is 11.8. The SMILES string of the molecule is Cc1nc(=O)n(CCC2CC2)c(C)c1CC(=O)O. The molecule has 0 radical (unpaired) electrons. The van der Waals surface area contributed by atoms with Gasteiger partial charge in [0.15, 0.2) is 0 Å². The van der Waals surface area contributed by atoms with Crippen molar-refractivity contribution in [3.05, 3.63) is 27.4 Å². The molecule has 0 unspecified atom stereocenters. The minimum absolute atomic E-state index is 0.0750. The summed E-state index contributed by atoms with van der Waals surface area (Å²) in [5.41, 5.74) is 1.68. The Labute approximate surface area is 105 Å². The van der Waals surface area contributed by atoms with Crippen LogP contribution in [0.4, 0.5) is 0 Å². The first-order valence-corrected chi connectivity index (χ1v) is 6.27. The highest BCUT2D eigenvalue weighted by Gasteiger charge is 2.22. The standard InChI is InChI=1S/C13H18N2O3/c1-8-11(7-12(16)17)9(2)15(13(18)14-8)6-5-10-3-4-10/h10H,3-7H2,1-2H3,(H,16,17). The number of aliphatic carboxylic acids is 1. The van der Waals surface area contributed by atoms with Gasteiger partial charge in [-0.1, -0.05) is 12.8 Å². The van der Waals surface area contributed by atoms with Crippen molar-refractivity contribution in [2.24, 2.45) is 5.92 Å². The van der Waals surface area contributed by atoms with Gasteiger partial charge in [0.05, 0.1) is 6.42 Å². The van der Waals surface area contributed by atoms with E-state index in [1.54, 1.807) is 18.4 Å². The first-order chi connectivity index (χ1) is 8.49. The summed E-state index contributed by atoms with van der Waals surface area (Å²) in [5.74, 6) is -0.157. The minimum atomic E-state index is -0.893. The predicted octanol–water partition coefficient (Wildman–Crippen LogP) is 1.29. The van der Waals surface area contributed by atoms with Crippen molar-refractivity contribution in [2.75, 3.05) is 0 Å². The Morgan fingerprint density at radius 1 is 1.44 bits per heavy atom. The van der Waals surface area contributed by atoms with Crippen LogP contribution in [0.1, 0.15) is 36.2 Å². The molecule has 5 nitrogen and oxygen atoms in total. The summed E-state index contributed by atoms with van der Waals surface area (Å²) in [7, 11) is 0. The quantitative estimate of drug-likeness (QED) is 0.854. The summed E-state index contributed by atoms with van der Waals surface area (Å²) in [6.07, 6.45) is 3.40. The van der Waals surface area contributed by atoms with Crippen molar-refractivity contribution in [1.82, 2.24) is 9.55 Å². The van der Waals surface area contributed by atoms with E-state index in [1.807, 2.05) is 0 Å². The molecule has 0 bridgehead atoms. The van der Waals surface area contributed by atoms with Gasteiger partial charge in [0.2, 0.25) is 0 Å². The second-order valence-electron chi connectivity index (χ2n) is 5.00. The van der Waals surface area contributed by atoms with Crippen LogP contribution < -0.4 is 5.69 Å². The van der Waals surface area contributed by atoms with Crippen LogP contribution in [0, 0.1) is 19.8 Å². The van der Waals surface area contributed by atoms with E-state index in [9.17, 15) is 9.59 Å². The summed E-state index contributed by atoms with van der Waals surface area (Å²) in [6.45, 7) is 4.15. The van der Waals surface area contributed by atoms with Crippen molar-refractivity contribution < 1.29 is 9.90 Å². The number of hydrogen-bond donors (Lipinski definition) is 1. The van der Waals surface area contributed by atoms with Crippen LogP contribution in [0.25, 0.3) is 0 Å². The van der Waals surface area contributed by atoms with Crippen LogP contribution in [-0.4, -0.2) is 20.6 Å². The van der Waals surface area contributed by atoms with Crippen LogP contribution in [0.5, 0.6) is 0 Å². The Kier molecular flexibility index (Phi) is 3.50. The summed E-state index contributed by atoms with van der Waals surface area (Å²) in [5, 5.41) is 8.89. The molecule has 1 aromatic rings. The van der Waals surface area contributed by atoms with Gasteiger partial charge in [-0.3, -0.25) is 9.36 Å². The van der Waals surface area contributed by atoms with Gasteiger partial charge in [-0.05, 0) is 26.2 Å². The molecule has 0 spiro atoms. The number of nitrogens with zero attached hydrogens (tertiary/aromatic N) is 2. The molecule has 18 heavy (non-hydrogen) atoms. The first kappa shape index (κ1) is 12.8. The number of aryl methyl sites for hydroxylation is 1. The fraction of sp³-hybridized carbons (Fsp3) is 0.615. The van der Waals surface area contributed by atoms with E-state index in [1.165, 1.54) is 12.8 Å². The molecule has 1 aliphatic rings. The number of aromatic nitrogens is 2. The van der Waals surface area contributed by atoms with Crippen LogP contribution in [-0.2, 0) is 17.8 Å². The third-order valence-corrected chi connectivity index (χ3v) is 3.56. The minimum Gasteiger partial charge on any atom is -0.481 e. The summed E-state index contributed by atoms with van der Waals surface area (Å²) < 4.78 is 1.61. The molecule has 0 saturated heterocycles. The largest absolute Gasteiger partial charge is 0.481 e. The van der Waals surface area contributed by atoms with Gasteiger partial charge < -0.3 is 5.11 Å². The van der Waals surface area contributed by atoms with Gasteiger partial charge in [-0.25, -0.2) is 4.79 Å². The summed E-state index contributed by atoms with van der Waals surface area (Å²) in [6, 6.07) is 0. The third-order valence-electron chi connectivity index (χ3n) is 3.56. The molecule has 5 heteroatoms. The lowest BCUT2D eigenvalue weighted by molar-refractivity contribution is -0.136. The monoisotopic (exact) mass is 250 g/mol. The van der Waals surface area contributed by atoms with Crippen molar-refractivity contribution in [3.8, 4) is 0 Å². The lowest BCUT2D eigenvalue weighted by Gasteiger charge is -2.14. The van der Waals surface area contributed by atoms with E-state index in [0.717, 1.165) is 18.0 Å². The lowest BCUT2D eigenvalue weighted by Crippen LogP contribution is -2.28. The second kappa shape index (κ2) is 4.92. The maximum Gasteiger partial charge on any atom is 0.347 e. The predicted molar refractivity (Wildman–Crippen MR) is 66.7 cm³/mol. The molecule has 1 saturated carbocycles. The highest BCUT2D eigenvalue weighted by molar-refractivity contribution is 5.70. The zero-order chi connectivity index (χ0) is 13.3. The number of carbonyl (C=O) groups is 1. The molecular weight excluding hydrogens is 232 g/mol. The summed E-state index contributed by atoms with van der Waals surface area (Å²) in [4.78, 5) is 26.6. The molecule has 98 valence electrons. The number of carboxylic acids is 1. The lowest BCUT2D eigenvalue weighted by atomic mass is 10.1. The third kappa shape index (κ3) is 2.78. The molecule has 1 N–H and O–H groups in total. The molecule has 0 aliphatic heterocycles. The molecule has 2 rings (SSSR count). The fourth-order valence-electron chi connectivity index (χ4n) is 2.23. The van der Waals surface area contributed by atoms with E-state index in [2.05, 4.69) is 4.98 Å². The van der Waals surface area contributed by atoms with Crippen molar-refractivity contribution >= 4 is 5.97 Å². The first-order valence-electron chi connectivity index (χ1n) is 6.27. The van der Waals surface area contributed by atoms with Crippen molar-refractivity contribution in [1.29, 1.82) is 0 Å². The molecule has 1 heterocycles. The topological polar surface area (TPSA) is 72.2 Å². The van der Waals surface area contributed by atoms with Crippen LogP contribution in [0.2, 0.25) is 0 Å². The van der Waals surface area contributed by atoms with Gasteiger partial charge in [-0.2, -0.15) is 4.98 Å². The molecule has 0 atom stereocenters. The Morgan fingerprint density at radius 2 is 2.11 bits per heavy atom. The Balaban J connectivity index is 2.31. The van der Waals surface area contributed by atoms with Gasteiger partial charge in [0.1, 0.15) is 0 Å². The van der Waals surface area contributed by atoms with Crippen LogP contribution in [0.3, 0.4) is 0 Å². The van der Waals surface area contributed by atoms with E-state index in [0.29, 0.717) is 17.8 Å². The van der Waals surface area contributed by atoms with Crippen molar-refractivity contribution in [2.45, 2.75) is 46.1 Å². The zero-order valence-corrected chi connectivity index (χ0v) is 10.8. The zero-order valence-electron chi connectivity index (χ0n) is 10.8. The average Bonchev–Trinajstić information content (AvgIpc) is 3.07. The Morgan fingerprint density at radius 3 is 2.67 bits per heavy atom. The maximum absolute atomic E-state index is 11.8. The van der Waals surface area contributed by atoms with Crippen LogP contribution >= 0.6 is 0 Å². The second-order valence-corrected chi connectivity index (χ2v) is 5.00. The van der Waals surface area contributed by atoms with E-state index < -0.39 is 5.97 Å². The van der Waals surface area contributed by atoms with E-state index >= 15 is 0 Å². The highest BCUT2D eigenvalue weighted by atomic mass is 16.4. The number of hydrogen-bond acceptors (Lipinski definition) is 3. The van der Waals surface area contributed by atoms with Gasteiger partial charge in [0.25, 0.3) is 0 Å². The van der Waals surface area contributed by atoms with E-state index in [-0.39, 0.29) is 12.1 Å². The number of rotatable bonds is 5. The molecule has 1 aliphatic carbocycles. The smallest absolute Gasteiger partial charge is 0.347 e. The molecule has 0 aromatic carbocycles. The van der Waals surface area contributed by atoms with Crippen LogP contribution in [0.15, 0.2) is 4.79 Å². The van der Waals surface area contributed by atoms with Gasteiger partial charge >= 0.3 is 11.7 Å². The van der Waals surface area contributed by atoms with E-state index in [4.69, 9.17) is 5.11 Å². The fourth-order valence-corrected chi connectivity index (χ4v) is 2.23. The number of carboxylic acid groups (broad SMARTS) is 1. The Hall–Kier alpha value is -1.65. The van der Waals surface area contributed by atoms with Gasteiger partial charge in [-0.15, -0.1) is 0 Å². The van der Waals surface area contributed by atoms with Gasteiger partial charge in [0, 0.05) is 23.5 Å². The summed E-state index contributed by atoms with van der Waals surface area (Å²) >= 11 is 0. The average molecular weight is 250 g/mol. The molecule has 0 amide bonds.